The van der Waals surface area contributed by atoms with Gasteiger partial charge in [0.15, 0.2) is 0 Å². The van der Waals surface area contributed by atoms with Gasteiger partial charge < -0.3 is 4.90 Å². The fraction of sp³-hybridized carbons (Fsp3) is 0.450. The molecule has 5 heteroatoms. The Morgan fingerprint density at radius 2 is 2.20 bits per heavy atom. The summed E-state index contributed by atoms with van der Waals surface area (Å²) in [4.78, 5) is 18.7. The van der Waals surface area contributed by atoms with E-state index in [4.69, 9.17) is 0 Å². The lowest BCUT2D eigenvalue weighted by atomic mass is 9.92. The van der Waals surface area contributed by atoms with Crippen molar-refractivity contribution >= 4 is 17.2 Å². The minimum atomic E-state index is -0.350. The Bertz CT molecular complexity index is 775. The summed E-state index contributed by atoms with van der Waals surface area (Å²) in [7, 11) is 0. The highest BCUT2D eigenvalue weighted by Gasteiger charge is 2.40. The van der Waals surface area contributed by atoms with Gasteiger partial charge in [0.1, 0.15) is 5.82 Å². The third-order valence-electron chi connectivity index (χ3n) is 5.57. The maximum Gasteiger partial charge on any atom is 0.254 e. The Morgan fingerprint density at radius 1 is 1.32 bits per heavy atom. The van der Waals surface area contributed by atoms with Gasteiger partial charge in [-0.05, 0) is 67.4 Å². The normalized spacial score (nSPS) is 23.7. The number of benzene rings is 1. The molecule has 2 saturated heterocycles. The topological polar surface area (TPSA) is 23.6 Å². The summed E-state index contributed by atoms with van der Waals surface area (Å²) < 4.78 is 13.4. The van der Waals surface area contributed by atoms with E-state index in [2.05, 4.69) is 23.3 Å². The molecule has 0 aliphatic carbocycles. The fourth-order valence-electron chi connectivity index (χ4n) is 4.19. The van der Waals surface area contributed by atoms with E-state index < -0.39 is 0 Å². The van der Waals surface area contributed by atoms with Gasteiger partial charge in [0.05, 0.1) is 0 Å². The van der Waals surface area contributed by atoms with Crippen LogP contribution >= 0.6 is 11.3 Å². The molecule has 1 aromatic heterocycles. The van der Waals surface area contributed by atoms with E-state index in [-0.39, 0.29) is 11.7 Å². The first kappa shape index (κ1) is 16.7. The van der Waals surface area contributed by atoms with Gasteiger partial charge >= 0.3 is 0 Å². The van der Waals surface area contributed by atoms with E-state index in [1.165, 1.54) is 35.4 Å². The number of hydrogen-bond acceptors (Lipinski definition) is 3. The van der Waals surface area contributed by atoms with Crippen LogP contribution in [-0.4, -0.2) is 41.4 Å². The lowest BCUT2D eigenvalue weighted by Crippen LogP contribution is -2.44. The number of hydrogen-bond donors (Lipinski definition) is 0. The van der Waals surface area contributed by atoms with E-state index in [1.54, 1.807) is 12.1 Å². The van der Waals surface area contributed by atoms with Crippen LogP contribution in [0.3, 0.4) is 0 Å². The zero-order valence-electron chi connectivity index (χ0n) is 14.5. The molecule has 2 aliphatic rings. The predicted octanol–water partition coefficient (Wildman–Crippen LogP) is 3.93. The van der Waals surface area contributed by atoms with Gasteiger partial charge in [-0.1, -0.05) is 6.07 Å². The van der Waals surface area contributed by atoms with Gasteiger partial charge in [0.2, 0.25) is 0 Å². The maximum atomic E-state index is 13.4. The van der Waals surface area contributed by atoms with Gasteiger partial charge in [-0.3, -0.25) is 9.69 Å². The van der Waals surface area contributed by atoms with Crippen molar-refractivity contribution in [2.45, 2.75) is 32.4 Å². The lowest BCUT2D eigenvalue weighted by Gasteiger charge is -2.36. The number of piperidine rings is 1. The Morgan fingerprint density at radius 3 is 2.96 bits per heavy atom. The molecule has 1 amide bonds. The summed E-state index contributed by atoms with van der Waals surface area (Å²) >= 11 is 1.82. The number of carbonyl (C=O) groups is 1. The lowest BCUT2D eigenvalue weighted by molar-refractivity contribution is 0.0774. The number of halogens is 1. The Labute approximate surface area is 152 Å². The van der Waals surface area contributed by atoms with Crippen molar-refractivity contribution in [2.75, 3.05) is 19.6 Å². The predicted molar refractivity (Wildman–Crippen MR) is 98.3 cm³/mol. The summed E-state index contributed by atoms with van der Waals surface area (Å²) in [5, 5.41) is 2.15. The van der Waals surface area contributed by atoms with E-state index in [0.29, 0.717) is 17.5 Å². The summed E-state index contributed by atoms with van der Waals surface area (Å²) in [6.07, 6.45) is 2.37. The molecular weight excluding hydrogens is 335 g/mol. The van der Waals surface area contributed by atoms with Crippen LogP contribution < -0.4 is 0 Å². The summed E-state index contributed by atoms with van der Waals surface area (Å²) in [5.41, 5.74) is 1.82. The highest BCUT2D eigenvalue weighted by Crippen LogP contribution is 2.33. The molecule has 0 spiro atoms. The van der Waals surface area contributed by atoms with Crippen molar-refractivity contribution < 1.29 is 9.18 Å². The third-order valence-corrected chi connectivity index (χ3v) is 6.58. The van der Waals surface area contributed by atoms with Crippen molar-refractivity contribution in [1.82, 2.24) is 9.80 Å². The first-order valence-electron chi connectivity index (χ1n) is 8.93. The first-order valence-corrected chi connectivity index (χ1v) is 9.81. The van der Waals surface area contributed by atoms with Gasteiger partial charge in [-0.2, -0.15) is 0 Å². The molecule has 0 N–H and O–H groups in total. The van der Waals surface area contributed by atoms with Gasteiger partial charge in [0.25, 0.3) is 5.91 Å². The van der Waals surface area contributed by atoms with Crippen molar-refractivity contribution in [2.24, 2.45) is 5.92 Å². The molecule has 25 heavy (non-hydrogen) atoms. The van der Waals surface area contributed by atoms with Gasteiger partial charge in [-0.25, -0.2) is 4.39 Å². The Kier molecular flexibility index (Phi) is 4.61. The quantitative estimate of drug-likeness (QED) is 0.830. The molecule has 132 valence electrons. The molecular formula is C20H23FN2OS. The minimum Gasteiger partial charge on any atom is -0.337 e. The summed E-state index contributed by atoms with van der Waals surface area (Å²) in [5.74, 6) is 0.143. The molecule has 0 unspecified atom stereocenters. The second-order valence-corrected chi connectivity index (χ2v) is 8.19. The first-order chi connectivity index (χ1) is 12.1. The standard InChI is InChI=1S/C20H23FN2OS/c1-14-7-9-25-19(14)13-22-8-3-5-16-11-23(12-18(16)22)20(24)15-4-2-6-17(21)10-15/h2,4,6-7,9-10,16,18H,3,5,8,11-13H2,1H3/t16-,18+/m1/s1. The van der Waals surface area contributed by atoms with Crippen LogP contribution in [0.2, 0.25) is 0 Å². The Hall–Kier alpha value is -1.72. The van der Waals surface area contributed by atoms with Gasteiger partial charge in [0, 0.05) is 36.1 Å². The highest BCUT2D eigenvalue weighted by molar-refractivity contribution is 7.10. The van der Waals surface area contributed by atoms with Crippen LogP contribution in [0.4, 0.5) is 4.39 Å². The van der Waals surface area contributed by atoms with E-state index in [1.807, 2.05) is 16.2 Å². The SMILES string of the molecule is Cc1ccsc1CN1CCC[C@@H]2CN(C(=O)c3cccc(F)c3)C[C@@H]21. The molecule has 3 heterocycles. The third kappa shape index (κ3) is 3.35. The van der Waals surface area contributed by atoms with Crippen molar-refractivity contribution in [3.05, 3.63) is 57.5 Å². The smallest absolute Gasteiger partial charge is 0.254 e. The molecule has 0 bridgehead atoms. The van der Waals surface area contributed by atoms with Crippen LogP contribution in [0.5, 0.6) is 0 Å². The monoisotopic (exact) mass is 358 g/mol. The maximum absolute atomic E-state index is 13.4. The molecule has 2 aromatic rings. The summed E-state index contributed by atoms with van der Waals surface area (Å²) in [6, 6.07) is 8.64. The zero-order valence-corrected chi connectivity index (χ0v) is 15.3. The number of thiophene rings is 1. The number of aryl methyl sites for hydroxylation is 1. The van der Waals surface area contributed by atoms with Crippen LogP contribution in [-0.2, 0) is 6.54 Å². The molecule has 2 fully saturated rings. The molecule has 3 nitrogen and oxygen atoms in total. The van der Waals surface area contributed by atoms with E-state index >= 15 is 0 Å². The summed E-state index contributed by atoms with van der Waals surface area (Å²) in [6.45, 7) is 5.79. The van der Waals surface area contributed by atoms with Gasteiger partial charge in [-0.15, -0.1) is 11.3 Å². The number of nitrogens with zero attached hydrogens (tertiary/aromatic N) is 2. The molecule has 2 aliphatic heterocycles. The molecule has 2 atom stereocenters. The van der Waals surface area contributed by atoms with Crippen molar-refractivity contribution in [1.29, 1.82) is 0 Å². The Balaban J connectivity index is 1.49. The number of amides is 1. The van der Waals surface area contributed by atoms with Crippen LogP contribution in [0.25, 0.3) is 0 Å². The highest BCUT2D eigenvalue weighted by atomic mass is 32.1. The van der Waals surface area contributed by atoms with Crippen LogP contribution in [0.1, 0.15) is 33.6 Å². The number of fused-ring (bicyclic) bond motifs is 1. The average Bonchev–Trinajstić information content (AvgIpc) is 3.21. The molecule has 4 rings (SSSR count). The molecule has 0 saturated carbocycles. The largest absolute Gasteiger partial charge is 0.337 e. The molecule has 0 radical (unpaired) electrons. The minimum absolute atomic E-state index is 0.0406. The van der Waals surface area contributed by atoms with Crippen molar-refractivity contribution in [3.8, 4) is 0 Å². The number of carbonyl (C=O) groups excluding carboxylic acids is 1. The second kappa shape index (κ2) is 6.89. The van der Waals surface area contributed by atoms with E-state index in [9.17, 15) is 9.18 Å². The second-order valence-electron chi connectivity index (χ2n) is 7.19. The fourth-order valence-corrected chi connectivity index (χ4v) is 5.12. The van der Waals surface area contributed by atoms with Crippen LogP contribution in [0, 0.1) is 18.7 Å². The van der Waals surface area contributed by atoms with E-state index in [0.717, 1.165) is 26.2 Å². The van der Waals surface area contributed by atoms with Crippen molar-refractivity contribution in [3.63, 3.8) is 0 Å². The number of rotatable bonds is 3. The number of likely N-dealkylation sites (tertiary alicyclic amines) is 2. The average molecular weight is 358 g/mol. The molecule has 1 aromatic carbocycles. The zero-order chi connectivity index (χ0) is 17.4. The van der Waals surface area contributed by atoms with Crippen LogP contribution in [0.15, 0.2) is 35.7 Å².